The predicted molar refractivity (Wildman–Crippen MR) is 124 cm³/mol. The van der Waals surface area contributed by atoms with Crippen LogP contribution in [0.4, 0.5) is 5.82 Å². The summed E-state index contributed by atoms with van der Waals surface area (Å²) in [5, 5.41) is 19.2. The molecule has 170 valence electrons. The molecule has 1 amide bonds. The minimum Gasteiger partial charge on any atom is -0.355 e. The van der Waals surface area contributed by atoms with Gasteiger partial charge in [0.15, 0.2) is 11.5 Å². The van der Waals surface area contributed by atoms with Gasteiger partial charge in [-0.1, -0.05) is 52.0 Å². The molecule has 32 heavy (non-hydrogen) atoms. The van der Waals surface area contributed by atoms with Crippen molar-refractivity contribution in [3.8, 4) is 0 Å². The summed E-state index contributed by atoms with van der Waals surface area (Å²) < 4.78 is 1.44. The molecule has 0 spiro atoms. The van der Waals surface area contributed by atoms with Crippen LogP contribution in [0.15, 0.2) is 36.4 Å². The van der Waals surface area contributed by atoms with Crippen LogP contribution in [0.5, 0.6) is 0 Å². The van der Waals surface area contributed by atoms with Crippen molar-refractivity contribution in [2.45, 2.75) is 58.9 Å². The zero-order valence-electron chi connectivity index (χ0n) is 19.4. The van der Waals surface area contributed by atoms with Crippen LogP contribution >= 0.6 is 0 Å². The van der Waals surface area contributed by atoms with E-state index in [4.69, 9.17) is 0 Å². The number of aromatic nitrogens is 5. The Morgan fingerprint density at radius 3 is 2.41 bits per heavy atom. The Labute approximate surface area is 189 Å². The second kappa shape index (κ2) is 9.63. The maximum atomic E-state index is 13.1. The van der Waals surface area contributed by atoms with Gasteiger partial charge in [-0.25, -0.2) is 0 Å². The van der Waals surface area contributed by atoms with Crippen molar-refractivity contribution < 1.29 is 4.79 Å². The zero-order valence-corrected chi connectivity index (χ0v) is 19.4. The van der Waals surface area contributed by atoms with Gasteiger partial charge in [0.1, 0.15) is 0 Å². The standard InChI is InChI=1S/C24H33N7O/c1-5-17(4)18-6-8-19(9-7-18)23(16(2)3)25-24(32)20-12-14-30(15-13-20)22-11-10-21-26-28-29-31(21)27-22/h6-11,16-17,20,23H,5,12-15H2,1-4H3,(H,25,32)/t17-,23-/m1/s1. The molecule has 1 aliphatic heterocycles. The second-order valence-electron chi connectivity index (χ2n) is 9.19. The third kappa shape index (κ3) is 4.74. The predicted octanol–water partition coefficient (Wildman–Crippen LogP) is 3.76. The van der Waals surface area contributed by atoms with Gasteiger partial charge in [0, 0.05) is 19.0 Å². The maximum Gasteiger partial charge on any atom is 0.223 e. The van der Waals surface area contributed by atoms with Gasteiger partial charge in [0.2, 0.25) is 5.91 Å². The van der Waals surface area contributed by atoms with E-state index in [1.54, 1.807) is 0 Å². The molecule has 1 N–H and O–H groups in total. The third-order valence-corrected chi connectivity index (χ3v) is 6.69. The van der Waals surface area contributed by atoms with Crippen LogP contribution in [0, 0.1) is 11.8 Å². The maximum absolute atomic E-state index is 13.1. The lowest BCUT2D eigenvalue weighted by Crippen LogP contribution is -2.42. The molecule has 1 aromatic carbocycles. The highest BCUT2D eigenvalue weighted by atomic mass is 16.2. The molecule has 8 heteroatoms. The summed E-state index contributed by atoms with van der Waals surface area (Å²) in [6.07, 6.45) is 2.74. The second-order valence-corrected chi connectivity index (χ2v) is 9.19. The Morgan fingerprint density at radius 1 is 1.06 bits per heavy atom. The molecule has 0 aliphatic carbocycles. The Morgan fingerprint density at radius 2 is 1.75 bits per heavy atom. The van der Waals surface area contributed by atoms with E-state index in [9.17, 15) is 4.79 Å². The van der Waals surface area contributed by atoms with Crippen LogP contribution in [-0.2, 0) is 4.79 Å². The first kappa shape index (κ1) is 22.2. The number of anilines is 1. The number of hydrogen-bond acceptors (Lipinski definition) is 6. The van der Waals surface area contributed by atoms with Crippen LogP contribution < -0.4 is 10.2 Å². The minimum atomic E-state index is 0.0173. The van der Waals surface area contributed by atoms with Gasteiger partial charge in [-0.05, 0) is 64.8 Å². The Hall–Kier alpha value is -3.03. The number of benzene rings is 1. The van der Waals surface area contributed by atoms with E-state index in [0.717, 1.165) is 38.2 Å². The lowest BCUT2D eigenvalue weighted by atomic mass is 9.90. The normalized spacial score (nSPS) is 17.0. The number of carbonyl (C=O) groups is 1. The van der Waals surface area contributed by atoms with Gasteiger partial charge in [-0.2, -0.15) is 0 Å². The molecular formula is C24H33N7O. The van der Waals surface area contributed by atoms with Gasteiger partial charge in [-0.3, -0.25) is 4.79 Å². The van der Waals surface area contributed by atoms with E-state index in [1.807, 2.05) is 12.1 Å². The van der Waals surface area contributed by atoms with Crippen molar-refractivity contribution in [3.05, 3.63) is 47.5 Å². The van der Waals surface area contributed by atoms with Crippen LogP contribution in [0.25, 0.3) is 5.65 Å². The van der Waals surface area contributed by atoms with Crippen LogP contribution in [0.2, 0.25) is 0 Å². The number of fused-ring (bicyclic) bond motifs is 1. The van der Waals surface area contributed by atoms with E-state index in [1.165, 1.54) is 15.8 Å². The molecule has 0 radical (unpaired) electrons. The molecule has 3 aromatic rings. The smallest absolute Gasteiger partial charge is 0.223 e. The van der Waals surface area contributed by atoms with Gasteiger partial charge in [0.25, 0.3) is 0 Å². The first-order valence-electron chi connectivity index (χ1n) is 11.7. The molecule has 2 aromatic heterocycles. The lowest BCUT2D eigenvalue weighted by molar-refractivity contribution is -0.126. The van der Waals surface area contributed by atoms with Crippen molar-refractivity contribution >= 4 is 17.4 Å². The number of carbonyl (C=O) groups excluding carboxylic acids is 1. The highest BCUT2D eigenvalue weighted by Gasteiger charge is 2.28. The molecule has 0 bridgehead atoms. The monoisotopic (exact) mass is 435 g/mol. The fourth-order valence-corrected chi connectivity index (χ4v) is 4.35. The summed E-state index contributed by atoms with van der Waals surface area (Å²) >= 11 is 0. The van der Waals surface area contributed by atoms with Gasteiger partial charge >= 0.3 is 0 Å². The quantitative estimate of drug-likeness (QED) is 0.608. The topological polar surface area (TPSA) is 88.3 Å². The summed E-state index contributed by atoms with van der Waals surface area (Å²) in [7, 11) is 0. The Kier molecular flexibility index (Phi) is 6.67. The van der Waals surface area contributed by atoms with Crippen molar-refractivity contribution in [1.82, 2.24) is 30.6 Å². The molecular weight excluding hydrogens is 402 g/mol. The van der Waals surface area contributed by atoms with Crippen LogP contribution in [0.3, 0.4) is 0 Å². The molecule has 0 unspecified atom stereocenters. The van der Waals surface area contributed by atoms with E-state index in [-0.39, 0.29) is 17.9 Å². The molecule has 4 rings (SSSR count). The van der Waals surface area contributed by atoms with Crippen molar-refractivity contribution in [3.63, 3.8) is 0 Å². The SMILES string of the molecule is CC[C@@H](C)c1ccc([C@H](NC(=O)C2CCN(c3ccc4nnnn4n3)CC2)C(C)C)cc1. The minimum absolute atomic E-state index is 0.0173. The first-order valence-corrected chi connectivity index (χ1v) is 11.7. The fourth-order valence-electron chi connectivity index (χ4n) is 4.35. The van der Waals surface area contributed by atoms with E-state index >= 15 is 0 Å². The number of nitrogens with one attached hydrogen (secondary N) is 1. The highest BCUT2D eigenvalue weighted by molar-refractivity contribution is 5.79. The average molecular weight is 436 g/mol. The van der Waals surface area contributed by atoms with Crippen LogP contribution in [0.1, 0.15) is 70.0 Å². The van der Waals surface area contributed by atoms with Crippen molar-refractivity contribution in [2.75, 3.05) is 18.0 Å². The van der Waals surface area contributed by atoms with E-state index in [0.29, 0.717) is 17.5 Å². The lowest BCUT2D eigenvalue weighted by Gasteiger charge is -2.33. The van der Waals surface area contributed by atoms with Gasteiger partial charge < -0.3 is 10.2 Å². The third-order valence-electron chi connectivity index (χ3n) is 6.69. The summed E-state index contributed by atoms with van der Waals surface area (Å²) in [6, 6.07) is 12.6. The molecule has 8 nitrogen and oxygen atoms in total. The summed E-state index contributed by atoms with van der Waals surface area (Å²) in [4.78, 5) is 15.3. The fraction of sp³-hybridized carbons (Fsp3) is 0.542. The Balaban J connectivity index is 1.37. The number of nitrogens with zero attached hydrogens (tertiary/aromatic N) is 6. The number of rotatable bonds is 7. The van der Waals surface area contributed by atoms with Gasteiger partial charge in [-0.15, -0.1) is 14.8 Å². The molecule has 3 heterocycles. The molecule has 1 saturated heterocycles. The number of amides is 1. The van der Waals surface area contributed by atoms with E-state index in [2.05, 4.69) is 82.8 Å². The number of hydrogen-bond donors (Lipinski definition) is 1. The molecule has 0 saturated carbocycles. The highest BCUT2D eigenvalue weighted by Crippen LogP contribution is 2.27. The van der Waals surface area contributed by atoms with Crippen molar-refractivity contribution in [2.24, 2.45) is 11.8 Å². The summed E-state index contributed by atoms with van der Waals surface area (Å²) in [5.74, 6) is 1.88. The van der Waals surface area contributed by atoms with Crippen molar-refractivity contribution in [1.29, 1.82) is 0 Å². The first-order chi connectivity index (χ1) is 15.5. The average Bonchev–Trinajstić information content (AvgIpc) is 3.30. The van der Waals surface area contributed by atoms with Gasteiger partial charge in [0.05, 0.1) is 6.04 Å². The molecule has 1 aliphatic rings. The van der Waals surface area contributed by atoms with Crippen LogP contribution in [-0.4, -0.2) is 44.3 Å². The molecule has 2 atom stereocenters. The molecule has 1 fully saturated rings. The summed E-state index contributed by atoms with van der Waals surface area (Å²) in [6.45, 7) is 10.4. The number of tetrazole rings is 1. The summed E-state index contributed by atoms with van der Waals surface area (Å²) in [5.41, 5.74) is 3.16. The zero-order chi connectivity index (χ0) is 22.7. The largest absolute Gasteiger partial charge is 0.355 e. The Bertz CT molecular complexity index is 1040. The van der Waals surface area contributed by atoms with E-state index < -0.39 is 0 Å². The number of piperidine rings is 1.